The van der Waals surface area contributed by atoms with Crippen molar-refractivity contribution < 1.29 is 23.9 Å². The summed E-state index contributed by atoms with van der Waals surface area (Å²) in [5, 5.41) is 11.7. The molecule has 1 unspecified atom stereocenters. The first-order chi connectivity index (χ1) is 20.3. The highest BCUT2D eigenvalue weighted by atomic mass is 32.2. The molecule has 10 heteroatoms. The summed E-state index contributed by atoms with van der Waals surface area (Å²) in [6.45, 7) is 3.82. The van der Waals surface area contributed by atoms with E-state index in [4.69, 9.17) is 4.74 Å². The lowest BCUT2D eigenvalue weighted by Gasteiger charge is -2.14. The lowest BCUT2D eigenvalue weighted by molar-refractivity contribution is -0.115. The maximum atomic E-state index is 13.1. The number of thioether (sulfide) groups is 1. The number of thiophene rings is 1. The van der Waals surface area contributed by atoms with E-state index in [0.717, 1.165) is 10.5 Å². The van der Waals surface area contributed by atoms with Crippen LogP contribution in [0.25, 0.3) is 6.08 Å². The molecule has 0 fully saturated rings. The largest absolute Gasteiger partial charge is 0.462 e. The Labute approximate surface area is 252 Å². The molecular weight excluding hydrogens is 571 g/mol. The first-order valence-corrected chi connectivity index (χ1v) is 14.9. The number of hydrogen-bond acceptors (Lipinski definition) is 7. The van der Waals surface area contributed by atoms with Crippen LogP contribution in [-0.2, 0) is 14.3 Å². The molecule has 0 aliphatic rings. The molecule has 8 nitrogen and oxygen atoms in total. The Morgan fingerprint density at radius 2 is 1.52 bits per heavy atom. The Bertz CT molecular complexity index is 1550. The molecule has 0 aliphatic heterocycles. The second-order valence-corrected chi connectivity index (χ2v) is 11.2. The minimum atomic E-state index is -0.465. The summed E-state index contributed by atoms with van der Waals surface area (Å²) in [7, 11) is 0. The maximum Gasteiger partial charge on any atom is 0.338 e. The monoisotopic (exact) mass is 599 g/mol. The normalized spacial score (nSPS) is 11.7. The fourth-order valence-electron chi connectivity index (χ4n) is 3.69. The SMILES string of the molecule is CCOC(=O)c1ccc(NC(=O)C(C)Sc2ccc(NC(=O)/C(=C/c3ccsc3)NC(=O)c3ccccc3)cc2)cc1. The van der Waals surface area contributed by atoms with E-state index < -0.39 is 17.1 Å². The van der Waals surface area contributed by atoms with Crippen molar-refractivity contribution in [2.24, 2.45) is 0 Å². The molecule has 0 bridgehead atoms. The third kappa shape index (κ3) is 8.66. The van der Waals surface area contributed by atoms with Gasteiger partial charge in [-0.15, -0.1) is 11.8 Å². The van der Waals surface area contributed by atoms with Gasteiger partial charge in [-0.05, 0) is 103 Å². The molecule has 3 N–H and O–H groups in total. The second kappa shape index (κ2) is 14.8. The van der Waals surface area contributed by atoms with Crippen LogP contribution < -0.4 is 16.0 Å². The van der Waals surface area contributed by atoms with Gasteiger partial charge in [-0.3, -0.25) is 14.4 Å². The molecule has 0 spiro atoms. The molecule has 0 saturated carbocycles. The number of rotatable bonds is 11. The molecule has 1 atom stereocenters. The zero-order chi connectivity index (χ0) is 29.9. The molecular formula is C32H29N3O5S2. The number of benzene rings is 3. The minimum Gasteiger partial charge on any atom is -0.462 e. The van der Waals surface area contributed by atoms with Gasteiger partial charge in [0, 0.05) is 21.8 Å². The van der Waals surface area contributed by atoms with Gasteiger partial charge in [0.2, 0.25) is 5.91 Å². The number of anilines is 2. The van der Waals surface area contributed by atoms with Crippen LogP contribution in [0.2, 0.25) is 0 Å². The lowest BCUT2D eigenvalue weighted by Crippen LogP contribution is -2.30. The molecule has 0 aliphatic carbocycles. The van der Waals surface area contributed by atoms with Gasteiger partial charge < -0.3 is 20.7 Å². The average Bonchev–Trinajstić information content (AvgIpc) is 3.52. The predicted octanol–water partition coefficient (Wildman–Crippen LogP) is 6.45. The van der Waals surface area contributed by atoms with Crippen molar-refractivity contribution >= 4 is 64.2 Å². The predicted molar refractivity (Wildman–Crippen MR) is 168 cm³/mol. The zero-order valence-electron chi connectivity index (χ0n) is 23.0. The van der Waals surface area contributed by atoms with Crippen molar-refractivity contribution in [3.8, 4) is 0 Å². The molecule has 42 heavy (non-hydrogen) atoms. The molecule has 4 rings (SSSR count). The van der Waals surface area contributed by atoms with Gasteiger partial charge in [0.15, 0.2) is 0 Å². The second-order valence-electron chi connectivity index (χ2n) is 8.96. The third-order valence-electron chi connectivity index (χ3n) is 5.84. The van der Waals surface area contributed by atoms with Crippen LogP contribution in [0.3, 0.4) is 0 Å². The van der Waals surface area contributed by atoms with E-state index in [1.807, 2.05) is 35.0 Å². The molecule has 214 valence electrons. The van der Waals surface area contributed by atoms with E-state index in [-0.39, 0.29) is 17.5 Å². The number of carbonyl (C=O) groups excluding carboxylic acids is 4. The van der Waals surface area contributed by atoms with Crippen molar-refractivity contribution in [1.29, 1.82) is 0 Å². The van der Waals surface area contributed by atoms with Crippen molar-refractivity contribution in [2.75, 3.05) is 17.2 Å². The summed E-state index contributed by atoms with van der Waals surface area (Å²) in [5.74, 6) is -1.46. The van der Waals surface area contributed by atoms with Gasteiger partial charge in [0.1, 0.15) is 5.70 Å². The molecule has 1 heterocycles. The van der Waals surface area contributed by atoms with E-state index >= 15 is 0 Å². The van der Waals surface area contributed by atoms with Gasteiger partial charge in [-0.1, -0.05) is 18.2 Å². The average molecular weight is 600 g/mol. The van der Waals surface area contributed by atoms with E-state index in [9.17, 15) is 19.2 Å². The van der Waals surface area contributed by atoms with Crippen molar-refractivity contribution in [1.82, 2.24) is 5.32 Å². The van der Waals surface area contributed by atoms with Gasteiger partial charge in [-0.2, -0.15) is 11.3 Å². The Balaban J connectivity index is 1.35. The van der Waals surface area contributed by atoms with Crippen molar-refractivity contribution in [2.45, 2.75) is 24.0 Å². The smallest absolute Gasteiger partial charge is 0.338 e. The molecule has 1 aromatic heterocycles. The summed E-state index contributed by atoms with van der Waals surface area (Å²) in [6, 6.07) is 24.1. The fraction of sp³-hybridized carbons (Fsp3) is 0.125. The summed E-state index contributed by atoms with van der Waals surface area (Å²) < 4.78 is 4.98. The highest BCUT2D eigenvalue weighted by molar-refractivity contribution is 8.00. The van der Waals surface area contributed by atoms with Gasteiger partial charge in [-0.25, -0.2) is 4.79 Å². The maximum absolute atomic E-state index is 13.1. The number of ether oxygens (including phenoxy) is 1. The minimum absolute atomic E-state index is 0.112. The zero-order valence-corrected chi connectivity index (χ0v) is 24.6. The molecule has 3 amide bonds. The van der Waals surface area contributed by atoms with Crippen LogP contribution in [0.4, 0.5) is 11.4 Å². The lowest BCUT2D eigenvalue weighted by atomic mass is 10.2. The summed E-state index contributed by atoms with van der Waals surface area (Å²) in [6.07, 6.45) is 1.63. The van der Waals surface area contributed by atoms with Crippen LogP contribution in [0.1, 0.15) is 40.1 Å². The fourth-order valence-corrected chi connectivity index (χ4v) is 5.17. The number of hydrogen-bond donors (Lipinski definition) is 3. The van der Waals surface area contributed by atoms with Crippen LogP contribution in [0.5, 0.6) is 0 Å². The standard InChI is InChI=1S/C32H29N3O5S2/c1-3-40-32(39)24-9-11-25(12-10-24)33-29(36)21(2)42-27-15-13-26(14-16-27)34-31(38)28(19-22-17-18-41-20-22)35-30(37)23-7-5-4-6-8-23/h4-21H,3H2,1-2H3,(H,33,36)(H,34,38)(H,35,37)/b28-19-. The number of amides is 3. The Hall–Kier alpha value is -4.67. The third-order valence-corrected chi connectivity index (χ3v) is 7.65. The van der Waals surface area contributed by atoms with E-state index in [0.29, 0.717) is 29.1 Å². The summed E-state index contributed by atoms with van der Waals surface area (Å²) >= 11 is 2.85. The Kier molecular flexibility index (Phi) is 10.7. The van der Waals surface area contributed by atoms with Crippen LogP contribution in [-0.4, -0.2) is 35.5 Å². The van der Waals surface area contributed by atoms with Gasteiger partial charge in [0.05, 0.1) is 17.4 Å². The summed E-state index contributed by atoms with van der Waals surface area (Å²) in [5.41, 5.74) is 2.87. The van der Waals surface area contributed by atoms with Crippen LogP contribution in [0.15, 0.2) is 106 Å². The van der Waals surface area contributed by atoms with Gasteiger partial charge in [0.25, 0.3) is 11.8 Å². The van der Waals surface area contributed by atoms with Gasteiger partial charge >= 0.3 is 5.97 Å². The molecule has 3 aromatic carbocycles. The highest BCUT2D eigenvalue weighted by Gasteiger charge is 2.17. The van der Waals surface area contributed by atoms with E-state index in [2.05, 4.69) is 16.0 Å². The topological polar surface area (TPSA) is 114 Å². The van der Waals surface area contributed by atoms with E-state index in [1.54, 1.807) is 80.6 Å². The van der Waals surface area contributed by atoms with Crippen LogP contribution in [0, 0.1) is 0 Å². The van der Waals surface area contributed by atoms with Crippen LogP contribution >= 0.6 is 23.1 Å². The first-order valence-electron chi connectivity index (χ1n) is 13.1. The molecule has 0 saturated heterocycles. The number of nitrogens with one attached hydrogen (secondary N) is 3. The van der Waals surface area contributed by atoms with E-state index in [1.165, 1.54) is 23.1 Å². The Morgan fingerprint density at radius 1 is 0.857 bits per heavy atom. The van der Waals surface area contributed by atoms with Crippen molar-refractivity contribution in [3.63, 3.8) is 0 Å². The van der Waals surface area contributed by atoms with Crippen molar-refractivity contribution in [3.05, 3.63) is 118 Å². The highest BCUT2D eigenvalue weighted by Crippen LogP contribution is 2.26. The molecule has 0 radical (unpaired) electrons. The number of esters is 1. The quantitative estimate of drug-likeness (QED) is 0.104. The first kappa shape index (κ1) is 30.3. The molecule has 4 aromatic rings. The number of carbonyl (C=O) groups is 4. The summed E-state index contributed by atoms with van der Waals surface area (Å²) in [4.78, 5) is 51.3. The Morgan fingerprint density at radius 3 is 2.17 bits per heavy atom.